The summed E-state index contributed by atoms with van der Waals surface area (Å²) in [4.78, 5) is 0. The molecule has 24 heavy (non-hydrogen) atoms. The second-order valence-corrected chi connectivity index (χ2v) is 5.40. The van der Waals surface area contributed by atoms with Crippen molar-refractivity contribution in [1.29, 1.82) is 0 Å². The quantitative estimate of drug-likeness (QED) is 0.650. The molecule has 2 atom stereocenters. The van der Waals surface area contributed by atoms with Crippen LogP contribution in [-0.4, -0.2) is 16.4 Å². The Morgan fingerprint density at radius 1 is 0.792 bits per heavy atom. The van der Waals surface area contributed by atoms with Crippen LogP contribution in [0.5, 0.6) is 0 Å². The average Bonchev–Trinajstić information content (AvgIpc) is 2.53. The van der Waals surface area contributed by atoms with Gasteiger partial charge < -0.3 is 10.2 Å². The highest BCUT2D eigenvalue weighted by molar-refractivity contribution is 5.38. The summed E-state index contributed by atoms with van der Waals surface area (Å²) in [7, 11) is 0. The topological polar surface area (TPSA) is 40.5 Å². The fourth-order valence-corrected chi connectivity index (χ4v) is 2.04. The van der Waals surface area contributed by atoms with Gasteiger partial charge in [-0.25, -0.2) is 4.39 Å². The van der Waals surface area contributed by atoms with Crippen molar-refractivity contribution >= 4 is 0 Å². The first-order valence-corrected chi connectivity index (χ1v) is 6.94. The number of benzene rings is 2. The van der Waals surface area contributed by atoms with E-state index < -0.39 is 28.8 Å². The molecule has 6 heteroatoms. The molecule has 2 aromatic carbocycles. The van der Waals surface area contributed by atoms with Crippen LogP contribution in [-0.2, 0) is 11.2 Å². The molecule has 126 valence electrons. The maximum Gasteiger partial charge on any atom is 0.433 e. The maximum atomic E-state index is 13.3. The van der Waals surface area contributed by atoms with Crippen LogP contribution in [0.4, 0.5) is 17.6 Å². The van der Waals surface area contributed by atoms with Crippen LogP contribution in [0.1, 0.15) is 18.1 Å². The van der Waals surface area contributed by atoms with Crippen LogP contribution >= 0.6 is 0 Å². The highest BCUT2D eigenvalue weighted by Gasteiger charge is 2.54. The van der Waals surface area contributed by atoms with E-state index in [-0.39, 0.29) is 5.56 Å². The summed E-state index contributed by atoms with van der Waals surface area (Å²) < 4.78 is 52.9. The molecule has 0 radical (unpaired) electrons. The van der Waals surface area contributed by atoms with Gasteiger partial charge in [0.15, 0.2) is 0 Å². The summed E-state index contributed by atoms with van der Waals surface area (Å²) in [5.74, 6) is 3.24. The lowest BCUT2D eigenvalue weighted by molar-refractivity contribution is -0.240. The maximum absolute atomic E-state index is 13.3. The van der Waals surface area contributed by atoms with Crippen LogP contribution in [0.2, 0.25) is 0 Å². The van der Waals surface area contributed by atoms with Crippen molar-refractivity contribution in [2.45, 2.75) is 24.3 Å². The predicted molar refractivity (Wildman–Crippen MR) is 80.1 cm³/mol. The van der Waals surface area contributed by atoms with Crippen molar-refractivity contribution in [3.8, 4) is 11.8 Å². The number of hydrogen-bond acceptors (Lipinski definition) is 2. The summed E-state index contributed by atoms with van der Waals surface area (Å²) >= 11 is 0. The lowest BCUT2D eigenvalue weighted by atomic mass is 9.90. The smallest absolute Gasteiger partial charge is 0.374 e. The Balaban J connectivity index is 2.49. The first-order valence-electron chi connectivity index (χ1n) is 6.94. The molecule has 0 saturated carbocycles. The van der Waals surface area contributed by atoms with Crippen LogP contribution < -0.4 is 0 Å². The van der Waals surface area contributed by atoms with E-state index in [0.717, 1.165) is 31.2 Å². The van der Waals surface area contributed by atoms with E-state index in [2.05, 4.69) is 5.92 Å². The lowest BCUT2D eigenvalue weighted by Gasteiger charge is -2.26. The van der Waals surface area contributed by atoms with Crippen LogP contribution in [0.15, 0.2) is 54.6 Å². The van der Waals surface area contributed by atoms with E-state index in [1.54, 1.807) is 5.92 Å². The Morgan fingerprint density at radius 3 is 1.83 bits per heavy atom. The molecule has 2 N–H and O–H groups in total. The van der Waals surface area contributed by atoms with E-state index in [0.29, 0.717) is 0 Å². The zero-order chi connectivity index (χ0) is 18.0. The molecule has 0 aliphatic heterocycles. The van der Waals surface area contributed by atoms with Crippen LogP contribution in [0.3, 0.4) is 0 Å². The molecule has 0 aliphatic rings. The Bertz CT molecular complexity index is 756. The molecule has 0 aliphatic carbocycles. The second-order valence-electron chi connectivity index (χ2n) is 5.40. The molecule has 0 amide bonds. The van der Waals surface area contributed by atoms with Gasteiger partial charge in [-0.3, -0.25) is 0 Å². The van der Waals surface area contributed by atoms with Crippen LogP contribution in [0, 0.1) is 17.7 Å². The molecule has 0 saturated heterocycles. The zero-order valence-electron chi connectivity index (χ0n) is 12.6. The molecule has 0 aromatic heterocycles. The molecule has 0 heterocycles. The standard InChI is InChI=1S/C18H14F4O2/c1-16(23,13-7-9-15(19)10-8-13)11-12-17(24,18(20,21)22)14-5-3-2-4-6-14/h2-10,23-24H,1H3/t16-,17-/m0/s1. The van der Waals surface area contributed by atoms with E-state index in [1.165, 1.54) is 30.3 Å². The minimum absolute atomic E-state index is 0.106. The van der Waals surface area contributed by atoms with Gasteiger partial charge in [0, 0.05) is 5.56 Å². The van der Waals surface area contributed by atoms with Crippen molar-refractivity contribution in [3.05, 3.63) is 71.5 Å². The number of halogens is 4. The number of aliphatic hydroxyl groups is 2. The number of rotatable bonds is 2. The first-order chi connectivity index (χ1) is 11.1. The summed E-state index contributed by atoms with van der Waals surface area (Å²) in [5.41, 5.74) is -5.78. The highest BCUT2D eigenvalue weighted by atomic mass is 19.4. The van der Waals surface area contributed by atoms with Gasteiger partial charge in [-0.2, -0.15) is 13.2 Å². The van der Waals surface area contributed by atoms with E-state index in [9.17, 15) is 27.8 Å². The lowest BCUT2D eigenvalue weighted by Crippen LogP contribution is -2.41. The van der Waals surface area contributed by atoms with Gasteiger partial charge in [0.1, 0.15) is 11.4 Å². The molecule has 0 unspecified atom stereocenters. The van der Waals surface area contributed by atoms with Gasteiger partial charge >= 0.3 is 6.18 Å². The largest absolute Gasteiger partial charge is 0.433 e. The van der Waals surface area contributed by atoms with E-state index in [1.807, 2.05) is 0 Å². The summed E-state index contributed by atoms with van der Waals surface area (Å²) in [5, 5.41) is 20.4. The van der Waals surface area contributed by atoms with Gasteiger partial charge in [-0.15, -0.1) is 0 Å². The average molecular weight is 338 g/mol. The molecular formula is C18H14F4O2. The number of hydrogen-bond donors (Lipinski definition) is 2. The van der Waals surface area contributed by atoms with Gasteiger partial charge in [0.25, 0.3) is 0 Å². The first kappa shape index (κ1) is 18.0. The van der Waals surface area contributed by atoms with Crippen LogP contribution in [0.25, 0.3) is 0 Å². The third-order valence-corrected chi connectivity index (χ3v) is 3.49. The minimum Gasteiger partial charge on any atom is -0.374 e. The van der Waals surface area contributed by atoms with Crippen molar-refractivity contribution in [2.75, 3.05) is 0 Å². The fourth-order valence-electron chi connectivity index (χ4n) is 2.04. The molecule has 0 bridgehead atoms. The molecular weight excluding hydrogens is 324 g/mol. The van der Waals surface area contributed by atoms with Crippen molar-refractivity contribution in [1.82, 2.24) is 0 Å². The zero-order valence-corrected chi connectivity index (χ0v) is 12.6. The molecule has 2 nitrogen and oxygen atoms in total. The Kier molecular flexibility index (Phi) is 4.70. The molecule has 2 rings (SSSR count). The van der Waals surface area contributed by atoms with Crippen molar-refractivity contribution in [3.63, 3.8) is 0 Å². The predicted octanol–water partition coefficient (Wildman–Crippen LogP) is 3.49. The normalized spacial score (nSPS) is 16.5. The third-order valence-electron chi connectivity index (χ3n) is 3.49. The number of alkyl halides is 3. The SMILES string of the molecule is C[C@](O)(C#C[C@](O)(c1ccccc1)C(F)(F)F)c1ccc(F)cc1. The minimum atomic E-state index is -5.07. The fraction of sp³-hybridized carbons (Fsp3) is 0.222. The van der Waals surface area contributed by atoms with Crippen molar-refractivity contribution < 1.29 is 27.8 Å². The molecule has 2 aromatic rings. The summed E-state index contributed by atoms with van der Waals surface area (Å²) in [6, 6.07) is 10.9. The van der Waals surface area contributed by atoms with Gasteiger partial charge in [-0.05, 0) is 24.6 Å². The second kappa shape index (κ2) is 6.27. The monoisotopic (exact) mass is 338 g/mol. The van der Waals surface area contributed by atoms with E-state index in [4.69, 9.17) is 0 Å². The Labute approximate surface area is 136 Å². The van der Waals surface area contributed by atoms with Crippen molar-refractivity contribution in [2.24, 2.45) is 0 Å². The Morgan fingerprint density at radius 2 is 1.33 bits per heavy atom. The third kappa shape index (κ3) is 3.58. The van der Waals surface area contributed by atoms with Gasteiger partial charge in [-0.1, -0.05) is 54.3 Å². The molecule has 0 fully saturated rings. The highest BCUT2D eigenvalue weighted by Crippen LogP contribution is 2.38. The molecule has 0 spiro atoms. The Hall–Kier alpha value is -2.36. The summed E-state index contributed by atoms with van der Waals surface area (Å²) in [6.45, 7) is 1.16. The van der Waals surface area contributed by atoms with Gasteiger partial charge in [0.2, 0.25) is 5.60 Å². The summed E-state index contributed by atoms with van der Waals surface area (Å²) in [6.07, 6.45) is -5.07. The van der Waals surface area contributed by atoms with Gasteiger partial charge in [0.05, 0.1) is 0 Å². The van der Waals surface area contributed by atoms with E-state index >= 15 is 0 Å².